The molecule has 1 heterocycles. The van der Waals surface area contributed by atoms with Crippen LogP contribution < -0.4 is 5.56 Å². The first-order chi connectivity index (χ1) is 13.4. The number of nitrogens with zero attached hydrogens (tertiary/aromatic N) is 2. The highest BCUT2D eigenvalue weighted by Crippen LogP contribution is 2.33. The molecule has 0 saturated heterocycles. The lowest BCUT2D eigenvalue weighted by molar-refractivity contribution is -0.137. The van der Waals surface area contributed by atoms with E-state index < -0.39 is 22.9 Å². The third kappa shape index (κ3) is 4.15. The number of benzene rings is 2. The number of alkyl halides is 3. The van der Waals surface area contributed by atoms with Crippen LogP contribution in [0.15, 0.2) is 71.5 Å². The molecule has 3 rings (SSSR count). The lowest BCUT2D eigenvalue weighted by Crippen LogP contribution is -2.28. The van der Waals surface area contributed by atoms with Gasteiger partial charge in [0.2, 0.25) is 0 Å². The average Bonchev–Trinajstić information content (AvgIpc) is 2.69. The molecule has 0 N–H and O–H groups in total. The minimum Gasteiger partial charge on any atom is -0.307 e. The van der Waals surface area contributed by atoms with Crippen LogP contribution in [0.2, 0.25) is 0 Å². The summed E-state index contributed by atoms with van der Waals surface area (Å²) in [5.74, 6) is 0. The number of pyridine rings is 1. The van der Waals surface area contributed by atoms with Crippen LogP contribution in [0.5, 0.6) is 0 Å². The molecule has 0 aliphatic heterocycles. The fraction of sp³-hybridized carbons (Fsp3) is 0.182. The largest absolute Gasteiger partial charge is 0.417 e. The fourth-order valence-corrected chi connectivity index (χ4v) is 3.13. The molecular formula is C22H17F3N2O. The van der Waals surface area contributed by atoms with Crippen LogP contribution in [-0.4, -0.2) is 4.57 Å². The van der Waals surface area contributed by atoms with Crippen LogP contribution in [0.3, 0.4) is 0 Å². The van der Waals surface area contributed by atoms with Gasteiger partial charge in [-0.3, -0.25) is 4.79 Å². The molecule has 3 aromatic rings. The topological polar surface area (TPSA) is 45.8 Å². The number of rotatable bonds is 5. The molecule has 0 aliphatic carbocycles. The van der Waals surface area contributed by atoms with Crippen molar-refractivity contribution in [3.8, 4) is 17.3 Å². The SMILES string of the molecule is N#Cc1c(C(F)(F)F)cc(-c2ccccc2)n(CCCc2ccccc2)c1=O. The Morgan fingerprint density at radius 3 is 2.14 bits per heavy atom. The van der Waals surface area contributed by atoms with E-state index in [1.807, 2.05) is 30.3 Å². The molecule has 0 radical (unpaired) electrons. The molecule has 0 amide bonds. The average molecular weight is 382 g/mol. The molecule has 28 heavy (non-hydrogen) atoms. The number of aromatic nitrogens is 1. The maximum absolute atomic E-state index is 13.4. The van der Waals surface area contributed by atoms with Gasteiger partial charge in [-0.25, -0.2) is 0 Å². The Morgan fingerprint density at radius 1 is 0.964 bits per heavy atom. The maximum atomic E-state index is 13.4. The smallest absolute Gasteiger partial charge is 0.307 e. The Morgan fingerprint density at radius 2 is 1.57 bits per heavy atom. The molecule has 0 aliphatic rings. The van der Waals surface area contributed by atoms with Gasteiger partial charge in [0.05, 0.1) is 11.3 Å². The van der Waals surface area contributed by atoms with Crippen molar-refractivity contribution >= 4 is 0 Å². The van der Waals surface area contributed by atoms with E-state index in [9.17, 15) is 23.2 Å². The van der Waals surface area contributed by atoms with Gasteiger partial charge in [0.15, 0.2) is 0 Å². The van der Waals surface area contributed by atoms with E-state index >= 15 is 0 Å². The molecule has 0 saturated carbocycles. The van der Waals surface area contributed by atoms with E-state index in [-0.39, 0.29) is 12.2 Å². The third-order valence-electron chi connectivity index (χ3n) is 4.48. The summed E-state index contributed by atoms with van der Waals surface area (Å²) in [5, 5.41) is 9.19. The Balaban J connectivity index is 2.06. The van der Waals surface area contributed by atoms with Crippen LogP contribution in [0, 0.1) is 11.3 Å². The molecule has 1 aromatic heterocycles. The number of aryl methyl sites for hydroxylation is 1. The zero-order chi connectivity index (χ0) is 20.1. The van der Waals surface area contributed by atoms with Crippen LogP contribution in [0.1, 0.15) is 23.1 Å². The fourth-order valence-electron chi connectivity index (χ4n) is 3.13. The molecule has 142 valence electrons. The van der Waals surface area contributed by atoms with Gasteiger partial charge in [-0.05, 0) is 30.0 Å². The van der Waals surface area contributed by atoms with E-state index in [0.29, 0.717) is 18.4 Å². The number of hydrogen-bond acceptors (Lipinski definition) is 2. The van der Waals surface area contributed by atoms with E-state index in [2.05, 4.69) is 0 Å². The normalized spacial score (nSPS) is 11.2. The number of nitriles is 1. The Bertz CT molecular complexity index is 1050. The number of hydrogen-bond donors (Lipinski definition) is 0. The third-order valence-corrected chi connectivity index (χ3v) is 4.48. The summed E-state index contributed by atoms with van der Waals surface area (Å²) in [5.41, 5.74) is -1.25. The first-order valence-electron chi connectivity index (χ1n) is 8.76. The number of halogens is 3. The van der Waals surface area contributed by atoms with E-state index in [1.54, 1.807) is 30.3 Å². The molecule has 0 bridgehead atoms. The molecular weight excluding hydrogens is 365 g/mol. The lowest BCUT2D eigenvalue weighted by Gasteiger charge is -2.17. The van der Waals surface area contributed by atoms with Gasteiger partial charge >= 0.3 is 6.18 Å². The van der Waals surface area contributed by atoms with E-state index in [4.69, 9.17) is 0 Å². The van der Waals surface area contributed by atoms with Gasteiger partial charge in [-0.15, -0.1) is 0 Å². The maximum Gasteiger partial charge on any atom is 0.417 e. The molecule has 6 heteroatoms. The lowest BCUT2D eigenvalue weighted by atomic mass is 10.0. The molecule has 0 unspecified atom stereocenters. The van der Waals surface area contributed by atoms with Crippen LogP contribution in [-0.2, 0) is 19.1 Å². The zero-order valence-electron chi connectivity index (χ0n) is 14.9. The van der Waals surface area contributed by atoms with Crippen LogP contribution >= 0.6 is 0 Å². The minimum absolute atomic E-state index is 0.157. The van der Waals surface area contributed by atoms with Gasteiger partial charge in [0.25, 0.3) is 5.56 Å². The van der Waals surface area contributed by atoms with Crippen molar-refractivity contribution in [2.75, 3.05) is 0 Å². The van der Waals surface area contributed by atoms with Gasteiger partial charge in [0.1, 0.15) is 11.6 Å². The second kappa shape index (κ2) is 8.13. The predicted octanol–water partition coefficient (Wildman–Crippen LogP) is 5.04. The second-order valence-electron chi connectivity index (χ2n) is 6.34. The molecule has 2 aromatic carbocycles. The summed E-state index contributed by atoms with van der Waals surface area (Å²) in [4.78, 5) is 12.7. The standard InChI is InChI=1S/C22H17F3N2O/c23-22(24,25)19-14-20(17-11-5-2-6-12-17)27(21(28)18(19)15-26)13-7-10-16-8-3-1-4-9-16/h1-6,8-9,11-12,14H,7,10,13H2. The monoisotopic (exact) mass is 382 g/mol. The van der Waals surface area contributed by atoms with E-state index in [0.717, 1.165) is 11.6 Å². The summed E-state index contributed by atoms with van der Waals surface area (Å²) in [6.07, 6.45) is -3.55. The van der Waals surface area contributed by atoms with Crippen LogP contribution in [0.25, 0.3) is 11.3 Å². The minimum atomic E-state index is -4.78. The molecule has 0 fully saturated rings. The van der Waals surface area contributed by atoms with Gasteiger partial charge < -0.3 is 4.57 Å². The van der Waals surface area contributed by atoms with Crippen LogP contribution in [0.4, 0.5) is 13.2 Å². The first-order valence-corrected chi connectivity index (χ1v) is 8.76. The molecule has 0 spiro atoms. The summed E-state index contributed by atoms with van der Waals surface area (Å²) in [6, 6.07) is 20.4. The van der Waals surface area contributed by atoms with Crippen molar-refractivity contribution in [1.29, 1.82) is 5.26 Å². The summed E-state index contributed by atoms with van der Waals surface area (Å²) in [6.45, 7) is 0.213. The van der Waals surface area contributed by atoms with Crippen molar-refractivity contribution in [3.05, 3.63) is 93.8 Å². The van der Waals surface area contributed by atoms with Gasteiger partial charge in [-0.1, -0.05) is 60.7 Å². The Labute approximate surface area is 160 Å². The van der Waals surface area contributed by atoms with E-state index in [1.165, 1.54) is 10.6 Å². The highest BCUT2D eigenvalue weighted by molar-refractivity contribution is 5.62. The second-order valence-corrected chi connectivity index (χ2v) is 6.34. The summed E-state index contributed by atoms with van der Waals surface area (Å²) >= 11 is 0. The van der Waals surface area contributed by atoms with Crippen molar-refractivity contribution in [3.63, 3.8) is 0 Å². The van der Waals surface area contributed by atoms with Crippen molar-refractivity contribution < 1.29 is 13.2 Å². The highest BCUT2D eigenvalue weighted by atomic mass is 19.4. The van der Waals surface area contributed by atoms with Crippen molar-refractivity contribution in [2.45, 2.75) is 25.6 Å². The van der Waals surface area contributed by atoms with Gasteiger partial charge in [-0.2, -0.15) is 18.4 Å². The Kier molecular flexibility index (Phi) is 5.65. The summed E-state index contributed by atoms with van der Waals surface area (Å²) < 4.78 is 41.5. The molecule has 0 atom stereocenters. The highest BCUT2D eigenvalue weighted by Gasteiger charge is 2.36. The first kappa shape index (κ1) is 19.4. The van der Waals surface area contributed by atoms with Crippen molar-refractivity contribution in [1.82, 2.24) is 4.57 Å². The summed E-state index contributed by atoms with van der Waals surface area (Å²) in [7, 11) is 0. The quantitative estimate of drug-likeness (QED) is 0.621. The van der Waals surface area contributed by atoms with Gasteiger partial charge in [0, 0.05) is 6.54 Å². The van der Waals surface area contributed by atoms with Crippen molar-refractivity contribution in [2.24, 2.45) is 0 Å². The predicted molar refractivity (Wildman–Crippen MR) is 101 cm³/mol. The Hall–Kier alpha value is -3.33. The zero-order valence-corrected chi connectivity index (χ0v) is 14.9. The molecule has 3 nitrogen and oxygen atoms in total.